The first-order chi connectivity index (χ1) is 12.1. The summed E-state index contributed by atoms with van der Waals surface area (Å²) in [5.41, 5.74) is 10.2. The predicted molar refractivity (Wildman–Crippen MR) is 102 cm³/mol. The highest BCUT2D eigenvalue weighted by Crippen LogP contribution is 2.21. The quantitative estimate of drug-likeness (QED) is 0.692. The van der Waals surface area contributed by atoms with E-state index in [1.165, 1.54) is 5.56 Å². The van der Waals surface area contributed by atoms with Gasteiger partial charge in [0.1, 0.15) is 0 Å². The Balaban J connectivity index is 1.62. The summed E-state index contributed by atoms with van der Waals surface area (Å²) in [5, 5.41) is 4.16. The molecule has 0 fully saturated rings. The van der Waals surface area contributed by atoms with Crippen LogP contribution >= 0.6 is 11.6 Å². The topological polar surface area (TPSA) is 55.1 Å². The molecule has 1 amide bonds. The lowest BCUT2D eigenvalue weighted by Gasteiger charge is -2.08. The second-order valence-electron chi connectivity index (χ2n) is 5.88. The Morgan fingerprint density at radius 1 is 0.840 bits per heavy atom. The Bertz CT molecular complexity index is 875. The first-order valence-corrected chi connectivity index (χ1v) is 8.44. The van der Waals surface area contributed by atoms with E-state index in [0.717, 1.165) is 34.8 Å². The number of benzene rings is 3. The molecule has 0 spiro atoms. The minimum absolute atomic E-state index is 0.413. The van der Waals surface area contributed by atoms with Crippen molar-refractivity contribution in [2.24, 2.45) is 5.73 Å². The van der Waals surface area contributed by atoms with E-state index < -0.39 is 5.91 Å². The molecular formula is C21H19ClN2O. The lowest BCUT2D eigenvalue weighted by Crippen LogP contribution is -2.12. The lowest BCUT2D eigenvalue weighted by molar-refractivity contribution is 0.100. The number of rotatable bonds is 6. The number of primary amides is 1. The van der Waals surface area contributed by atoms with Crippen LogP contribution < -0.4 is 11.1 Å². The second kappa shape index (κ2) is 7.97. The number of carbonyl (C=O) groups is 1. The molecule has 0 aliphatic rings. The van der Waals surface area contributed by atoms with Gasteiger partial charge in [-0.15, -0.1) is 0 Å². The third-order valence-corrected chi connectivity index (χ3v) is 4.22. The molecular weight excluding hydrogens is 332 g/mol. The summed E-state index contributed by atoms with van der Waals surface area (Å²) >= 11 is 5.99. The average molecular weight is 351 g/mol. The Hall–Kier alpha value is -2.62. The number of hydrogen-bond donors (Lipinski definition) is 2. The number of hydrogen-bond acceptors (Lipinski definition) is 2. The zero-order chi connectivity index (χ0) is 17.6. The molecule has 0 saturated carbocycles. The van der Waals surface area contributed by atoms with Crippen LogP contribution in [0.3, 0.4) is 0 Å². The van der Waals surface area contributed by atoms with E-state index in [9.17, 15) is 4.79 Å². The third-order valence-electron chi connectivity index (χ3n) is 3.98. The van der Waals surface area contributed by atoms with Crippen molar-refractivity contribution in [2.45, 2.75) is 13.1 Å². The summed E-state index contributed by atoms with van der Waals surface area (Å²) in [7, 11) is 0. The molecule has 3 N–H and O–H groups in total. The fourth-order valence-electron chi connectivity index (χ4n) is 2.67. The number of amides is 1. The molecule has 3 rings (SSSR count). The normalized spacial score (nSPS) is 10.6. The van der Waals surface area contributed by atoms with Gasteiger partial charge in [-0.1, -0.05) is 60.1 Å². The smallest absolute Gasteiger partial charge is 0.248 e. The standard InChI is InChI=1S/C21H19ClN2O/c22-20-6-1-3-16(11-20)14-24-13-15-7-9-17(10-8-15)18-4-2-5-19(12-18)21(23)25/h1-12,24H,13-14H2,(H2,23,25). The van der Waals surface area contributed by atoms with Gasteiger partial charge in [0.25, 0.3) is 0 Å². The molecule has 4 heteroatoms. The monoisotopic (exact) mass is 350 g/mol. The number of nitrogens with one attached hydrogen (secondary N) is 1. The summed E-state index contributed by atoms with van der Waals surface area (Å²) < 4.78 is 0. The number of nitrogens with two attached hydrogens (primary N) is 1. The minimum Gasteiger partial charge on any atom is -0.366 e. The van der Waals surface area contributed by atoms with Crippen molar-refractivity contribution in [3.05, 3.63) is 94.5 Å². The van der Waals surface area contributed by atoms with Gasteiger partial charge >= 0.3 is 0 Å². The molecule has 0 aromatic heterocycles. The summed E-state index contributed by atoms with van der Waals surface area (Å²) in [4.78, 5) is 11.3. The maximum atomic E-state index is 11.3. The Kier molecular flexibility index (Phi) is 5.49. The van der Waals surface area contributed by atoms with Crippen molar-refractivity contribution < 1.29 is 4.79 Å². The largest absolute Gasteiger partial charge is 0.366 e. The molecule has 0 aliphatic carbocycles. The summed E-state index contributed by atoms with van der Waals surface area (Å²) in [6, 6.07) is 23.5. The molecule has 0 atom stereocenters. The molecule has 0 unspecified atom stereocenters. The summed E-state index contributed by atoms with van der Waals surface area (Å²) in [5.74, 6) is -0.413. The molecule has 0 saturated heterocycles. The maximum absolute atomic E-state index is 11.3. The van der Waals surface area contributed by atoms with Crippen molar-refractivity contribution in [3.63, 3.8) is 0 Å². The molecule has 3 aromatic rings. The molecule has 3 aromatic carbocycles. The van der Waals surface area contributed by atoms with Gasteiger partial charge in [0.05, 0.1) is 0 Å². The van der Waals surface area contributed by atoms with Crippen LogP contribution in [0.25, 0.3) is 11.1 Å². The van der Waals surface area contributed by atoms with Gasteiger partial charge in [0.2, 0.25) is 5.91 Å². The van der Waals surface area contributed by atoms with Crippen molar-refractivity contribution in [3.8, 4) is 11.1 Å². The lowest BCUT2D eigenvalue weighted by atomic mass is 10.0. The first kappa shape index (κ1) is 17.2. The van der Waals surface area contributed by atoms with Gasteiger partial charge in [0, 0.05) is 23.7 Å². The molecule has 3 nitrogen and oxygen atoms in total. The van der Waals surface area contributed by atoms with E-state index in [1.807, 2.05) is 42.5 Å². The van der Waals surface area contributed by atoms with Crippen molar-refractivity contribution in [1.82, 2.24) is 5.32 Å². The van der Waals surface area contributed by atoms with Gasteiger partial charge in [-0.25, -0.2) is 0 Å². The summed E-state index contributed by atoms with van der Waals surface area (Å²) in [6.45, 7) is 1.54. The number of halogens is 1. The van der Waals surface area contributed by atoms with E-state index in [1.54, 1.807) is 6.07 Å². The highest BCUT2D eigenvalue weighted by Gasteiger charge is 2.03. The zero-order valence-electron chi connectivity index (χ0n) is 13.7. The van der Waals surface area contributed by atoms with E-state index in [2.05, 4.69) is 29.6 Å². The van der Waals surface area contributed by atoms with E-state index >= 15 is 0 Å². The van der Waals surface area contributed by atoms with Crippen molar-refractivity contribution in [2.75, 3.05) is 0 Å². The van der Waals surface area contributed by atoms with Gasteiger partial charge in [-0.05, 0) is 46.5 Å². The van der Waals surface area contributed by atoms with Crippen LogP contribution in [0.1, 0.15) is 21.5 Å². The van der Waals surface area contributed by atoms with Crippen molar-refractivity contribution in [1.29, 1.82) is 0 Å². The van der Waals surface area contributed by atoms with Gasteiger partial charge < -0.3 is 11.1 Å². The molecule has 0 bridgehead atoms. The molecule has 0 heterocycles. The van der Waals surface area contributed by atoms with Crippen LogP contribution in [0.15, 0.2) is 72.8 Å². The Morgan fingerprint density at radius 3 is 2.28 bits per heavy atom. The average Bonchev–Trinajstić information content (AvgIpc) is 2.62. The highest BCUT2D eigenvalue weighted by atomic mass is 35.5. The zero-order valence-corrected chi connectivity index (χ0v) is 14.5. The van der Waals surface area contributed by atoms with Crippen LogP contribution in [0.4, 0.5) is 0 Å². The Morgan fingerprint density at radius 2 is 1.56 bits per heavy atom. The SMILES string of the molecule is NC(=O)c1cccc(-c2ccc(CNCc3cccc(Cl)c3)cc2)c1. The van der Waals surface area contributed by atoms with E-state index in [0.29, 0.717) is 5.56 Å². The van der Waals surface area contributed by atoms with Gasteiger partial charge in [-0.2, -0.15) is 0 Å². The predicted octanol–water partition coefficient (Wildman–Crippen LogP) is 4.40. The molecule has 25 heavy (non-hydrogen) atoms. The van der Waals surface area contributed by atoms with Crippen LogP contribution in [-0.4, -0.2) is 5.91 Å². The molecule has 0 radical (unpaired) electrons. The van der Waals surface area contributed by atoms with Gasteiger partial charge in [-0.3, -0.25) is 4.79 Å². The van der Waals surface area contributed by atoms with Crippen LogP contribution in [0.2, 0.25) is 5.02 Å². The van der Waals surface area contributed by atoms with E-state index in [4.69, 9.17) is 17.3 Å². The highest BCUT2D eigenvalue weighted by molar-refractivity contribution is 6.30. The van der Waals surface area contributed by atoms with Crippen LogP contribution in [0, 0.1) is 0 Å². The van der Waals surface area contributed by atoms with E-state index in [-0.39, 0.29) is 0 Å². The fourth-order valence-corrected chi connectivity index (χ4v) is 2.88. The van der Waals surface area contributed by atoms with Crippen LogP contribution in [-0.2, 0) is 13.1 Å². The summed E-state index contributed by atoms with van der Waals surface area (Å²) in [6.07, 6.45) is 0. The Labute approximate surface area is 152 Å². The minimum atomic E-state index is -0.413. The third kappa shape index (κ3) is 4.69. The van der Waals surface area contributed by atoms with Crippen LogP contribution in [0.5, 0.6) is 0 Å². The molecule has 126 valence electrons. The molecule has 0 aliphatic heterocycles. The fraction of sp³-hybridized carbons (Fsp3) is 0.0952. The van der Waals surface area contributed by atoms with Crippen molar-refractivity contribution >= 4 is 17.5 Å². The number of carbonyl (C=O) groups excluding carboxylic acids is 1. The second-order valence-corrected chi connectivity index (χ2v) is 6.31. The maximum Gasteiger partial charge on any atom is 0.248 e. The first-order valence-electron chi connectivity index (χ1n) is 8.06. The van der Waals surface area contributed by atoms with Gasteiger partial charge in [0.15, 0.2) is 0 Å².